The molecule has 0 radical (unpaired) electrons. The number of aliphatic imine (C=N–C) groups is 1. The van der Waals surface area contributed by atoms with Crippen LogP contribution >= 0.6 is 24.0 Å². The Balaban J connectivity index is 0.00000450. The minimum Gasteiger partial charge on any atom is -0.466 e. The number of hydrogen-bond acceptors (Lipinski definition) is 5. The lowest BCUT2D eigenvalue weighted by atomic mass is 9.96. The van der Waals surface area contributed by atoms with Gasteiger partial charge >= 0.3 is 0 Å². The van der Waals surface area contributed by atoms with Crippen molar-refractivity contribution in [3.05, 3.63) is 23.2 Å². The second-order valence-corrected chi connectivity index (χ2v) is 8.61. The molecule has 7 nitrogen and oxygen atoms in total. The van der Waals surface area contributed by atoms with Crippen LogP contribution in [-0.2, 0) is 10.3 Å². The molecule has 0 bridgehead atoms. The fourth-order valence-corrected chi connectivity index (χ4v) is 3.89. The van der Waals surface area contributed by atoms with Crippen molar-refractivity contribution in [3.8, 4) is 0 Å². The fourth-order valence-electron chi connectivity index (χ4n) is 3.89. The van der Waals surface area contributed by atoms with Gasteiger partial charge in [0.1, 0.15) is 17.1 Å². The number of aryl methyl sites for hydroxylation is 2. The molecule has 1 saturated heterocycles. The highest BCUT2D eigenvalue weighted by atomic mass is 127. The predicted molar refractivity (Wildman–Crippen MR) is 133 cm³/mol. The van der Waals surface area contributed by atoms with Gasteiger partial charge in [-0.05, 0) is 46.1 Å². The number of hydrogen-bond donors (Lipinski definition) is 3. The van der Waals surface area contributed by atoms with E-state index in [1.165, 1.54) is 0 Å². The first kappa shape index (κ1) is 27.2. The van der Waals surface area contributed by atoms with Crippen LogP contribution in [0.4, 0.5) is 0 Å². The maximum absolute atomic E-state index is 11.0. The number of halogens is 1. The van der Waals surface area contributed by atoms with E-state index in [1.807, 2.05) is 26.8 Å². The van der Waals surface area contributed by atoms with Gasteiger partial charge in [0.2, 0.25) is 0 Å². The van der Waals surface area contributed by atoms with Crippen LogP contribution in [0.3, 0.4) is 0 Å². The molecule has 0 amide bonds. The highest BCUT2D eigenvalue weighted by Crippen LogP contribution is 2.27. The summed E-state index contributed by atoms with van der Waals surface area (Å²) in [5.74, 6) is 2.89. The SMILES string of the molecule is CCNC(=NCC(C)(O)c1cc(C)oc1C)NCC(CC(C)C)N1CCOCC1.I. The maximum Gasteiger partial charge on any atom is 0.191 e. The Hall–Kier alpha value is -0.840. The van der Waals surface area contributed by atoms with Crippen molar-refractivity contribution in [2.75, 3.05) is 45.9 Å². The lowest BCUT2D eigenvalue weighted by Crippen LogP contribution is -2.51. The van der Waals surface area contributed by atoms with E-state index in [1.54, 1.807) is 6.92 Å². The molecule has 1 aromatic rings. The van der Waals surface area contributed by atoms with Gasteiger partial charge < -0.3 is 24.9 Å². The van der Waals surface area contributed by atoms with Crippen molar-refractivity contribution in [3.63, 3.8) is 0 Å². The summed E-state index contributed by atoms with van der Waals surface area (Å²) in [5.41, 5.74) is -0.285. The zero-order valence-electron chi connectivity index (χ0n) is 19.5. The topological polar surface area (TPSA) is 82.3 Å². The second-order valence-electron chi connectivity index (χ2n) is 8.61. The van der Waals surface area contributed by atoms with E-state index in [0.717, 1.165) is 68.9 Å². The minimum absolute atomic E-state index is 0. The van der Waals surface area contributed by atoms with Gasteiger partial charge in [-0.3, -0.25) is 4.90 Å². The Morgan fingerprint density at radius 3 is 2.47 bits per heavy atom. The Morgan fingerprint density at radius 2 is 1.93 bits per heavy atom. The Morgan fingerprint density at radius 1 is 1.27 bits per heavy atom. The number of nitrogens with one attached hydrogen (secondary N) is 2. The monoisotopic (exact) mass is 536 g/mol. The number of furan rings is 1. The number of guanidine groups is 1. The molecule has 1 fully saturated rings. The van der Waals surface area contributed by atoms with Gasteiger partial charge in [-0.2, -0.15) is 0 Å². The molecule has 2 unspecified atom stereocenters. The molecule has 174 valence electrons. The normalized spacial score (nSPS) is 18.6. The maximum atomic E-state index is 11.0. The van der Waals surface area contributed by atoms with E-state index in [2.05, 4.69) is 34.4 Å². The molecule has 3 N–H and O–H groups in total. The minimum atomic E-state index is -1.08. The molecule has 1 aliphatic rings. The third-order valence-corrected chi connectivity index (χ3v) is 5.32. The van der Waals surface area contributed by atoms with Crippen molar-refractivity contribution in [2.24, 2.45) is 10.9 Å². The average molecular weight is 536 g/mol. The van der Waals surface area contributed by atoms with Crippen LogP contribution in [0, 0.1) is 19.8 Å². The average Bonchev–Trinajstić information content (AvgIpc) is 3.02. The molecule has 0 aromatic carbocycles. The molecule has 1 aliphatic heterocycles. The Labute approximate surface area is 199 Å². The van der Waals surface area contributed by atoms with Gasteiger partial charge in [0.25, 0.3) is 0 Å². The standard InChI is InChI=1S/C22H40N4O3.HI/c1-7-23-21(25-15-22(6,27)20-13-17(4)29-18(20)5)24-14-19(12-16(2)3)26-8-10-28-11-9-26;/h13,16,19,27H,7-12,14-15H2,1-6H3,(H2,23,24,25);1H. The fraction of sp³-hybridized carbons (Fsp3) is 0.773. The quantitative estimate of drug-likeness (QED) is 0.256. The largest absolute Gasteiger partial charge is 0.466 e. The van der Waals surface area contributed by atoms with E-state index < -0.39 is 5.60 Å². The summed E-state index contributed by atoms with van der Waals surface area (Å²) in [6.07, 6.45) is 1.12. The number of morpholine rings is 1. The molecule has 2 heterocycles. The first-order valence-corrected chi connectivity index (χ1v) is 10.9. The zero-order chi connectivity index (χ0) is 21.4. The van der Waals surface area contributed by atoms with Gasteiger partial charge in [-0.15, -0.1) is 24.0 Å². The molecule has 0 saturated carbocycles. The first-order chi connectivity index (χ1) is 13.7. The number of aliphatic hydroxyl groups is 1. The van der Waals surface area contributed by atoms with Gasteiger partial charge in [0.15, 0.2) is 5.96 Å². The molecule has 2 atom stereocenters. The van der Waals surface area contributed by atoms with E-state index >= 15 is 0 Å². The molecular formula is C22H41IN4O3. The molecule has 0 spiro atoms. The predicted octanol–water partition coefficient (Wildman–Crippen LogP) is 3.02. The van der Waals surface area contributed by atoms with Gasteiger partial charge in [0.05, 0.1) is 19.8 Å². The third-order valence-electron chi connectivity index (χ3n) is 5.32. The number of rotatable bonds is 9. The molecule has 8 heteroatoms. The van der Waals surface area contributed by atoms with E-state index in [9.17, 15) is 5.11 Å². The van der Waals surface area contributed by atoms with Crippen LogP contribution in [-0.4, -0.2) is 67.9 Å². The van der Waals surface area contributed by atoms with Crippen molar-refractivity contribution in [2.45, 2.75) is 59.6 Å². The summed E-state index contributed by atoms with van der Waals surface area (Å²) in [6, 6.07) is 2.32. The van der Waals surface area contributed by atoms with Crippen molar-refractivity contribution < 1.29 is 14.3 Å². The zero-order valence-corrected chi connectivity index (χ0v) is 21.8. The second kappa shape index (κ2) is 12.9. The highest BCUT2D eigenvalue weighted by molar-refractivity contribution is 14.0. The smallest absolute Gasteiger partial charge is 0.191 e. The van der Waals surface area contributed by atoms with Gasteiger partial charge in [-0.1, -0.05) is 13.8 Å². The summed E-state index contributed by atoms with van der Waals surface area (Å²) < 4.78 is 11.1. The summed E-state index contributed by atoms with van der Waals surface area (Å²) in [6.45, 7) is 17.5. The third kappa shape index (κ3) is 8.36. The van der Waals surface area contributed by atoms with E-state index in [-0.39, 0.29) is 30.5 Å². The lowest BCUT2D eigenvalue weighted by Gasteiger charge is -2.35. The van der Waals surface area contributed by atoms with Crippen LogP contribution in [0.15, 0.2) is 15.5 Å². The summed E-state index contributed by atoms with van der Waals surface area (Å²) >= 11 is 0. The van der Waals surface area contributed by atoms with Crippen LogP contribution in [0.25, 0.3) is 0 Å². The summed E-state index contributed by atoms with van der Waals surface area (Å²) in [5, 5.41) is 17.7. The lowest BCUT2D eigenvalue weighted by molar-refractivity contribution is 0.0132. The summed E-state index contributed by atoms with van der Waals surface area (Å²) in [7, 11) is 0. The van der Waals surface area contributed by atoms with Crippen molar-refractivity contribution >= 4 is 29.9 Å². The van der Waals surface area contributed by atoms with Crippen molar-refractivity contribution in [1.82, 2.24) is 15.5 Å². The van der Waals surface area contributed by atoms with E-state index in [4.69, 9.17) is 9.15 Å². The highest BCUT2D eigenvalue weighted by Gasteiger charge is 2.28. The number of ether oxygens (including phenoxy) is 1. The van der Waals surface area contributed by atoms with Crippen LogP contribution in [0.1, 0.15) is 51.2 Å². The van der Waals surface area contributed by atoms with Crippen molar-refractivity contribution in [1.29, 1.82) is 0 Å². The number of nitrogens with zero attached hydrogens (tertiary/aromatic N) is 2. The van der Waals surface area contributed by atoms with E-state index in [0.29, 0.717) is 12.0 Å². The molecule has 0 aliphatic carbocycles. The van der Waals surface area contributed by atoms with Crippen LogP contribution in [0.5, 0.6) is 0 Å². The molecular weight excluding hydrogens is 495 g/mol. The van der Waals surface area contributed by atoms with Crippen LogP contribution in [0.2, 0.25) is 0 Å². The molecule has 1 aromatic heterocycles. The van der Waals surface area contributed by atoms with Gasteiger partial charge in [-0.25, -0.2) is 4.99 Å². The molecule has 2 rings (SSSR count). The Bertz CT molecular complexity index is 655. The summed E-state index contributed by atoms with van der Waals surface area (Å²) in [4.78, 5) is 7.18. The van der Waals surface area contributed by atoms with Crippen LogP contribution < -0.4 is 10.6 Å². The molecule has 30 heavy (non-hydrogen) atoms. The van der Waals surface area contributed by atoms with Gasteiger partial charge in [0, 0.05) is 37.8 Å². The first-order valence-electron chi connectivity index (χ1n) is 10.9. The Kier molecular flexibility index (Phi) is 11.7.